The van der Waals surface area contributed by atoms with E-state index in [4.69, 9.17) is 26.2 Å². The first-order chi connectivity index (χ1) is 10.1. The lowest BCUT2D eigenvalue weighted by Gasteiger charge is -2.18. The summed E-state index contributed by atoms with van der Waals surface area (Å²) in [5, 5.41) is 9.21. The van der Waals surface area contributed by atoms with Gasteiger partial charge in [-0.1, -0.05) is 11.6 Å². The Morgan fingerprint density at radius 2 is 2.10 bits per heavy atom. The van der Waals surface area contributed by atoms with Gasteiger partial charge in [-0.05, 0) is 56.2 Å². The Kier molecular flexibility index (Phi) is 5.74. The summed E-state index contributed by atoms with van der Waals surface area (Å²) < 4.78 is 11.4. The molecule has 1 fully saturated rings. The van der Waals surface area contributed by atoms with Crippen molar-refractivity contribution in [3.8, 4) is 11.5 Å². The van der Waals surface area contributed by atoms with Crippen LogP contribution in [0.4, 0.5) is 0 Å². The fraction of sp³-hybridized carbons (Fsp3) is 0.562. The van der Waals surface area contributed by atoms with Gasteiger partial charge in [0.05, 0.1) is 18.2 Å². The molecule has 1 aliphatic rings. The third-order valence-electron chi connectivity index (χ3n) is 3.73. The van der Waals surface area contributed by atoms with Crippen LogP contribution < -0.4 is 9.47 Å². The van der Waals surface area contributed by atoms with Crippen molar-refractivity contribution in [2.45, 2.75) is 51.0 Å². The number of aryl methyl sites for hydroxylation is 1. The predicted octanol–water partition coefficient (Wildman–Crippen LogP) is 4.08. The zero-order valence-corrected chi connectivity index (χ0v) is 13.0. The average Bonchev–Trinajstić information content (AvgIpc) is 2.91. The van der Waals surface area contributed by atoms with Crippen molar-refractivity contribution >= 4 is 17.6 Å². The lowest BCUT2D eigenvalue weighted by atomic mass is 10.1. The summed E-state index contributed by atoms with van der Waals surface area (Å²) in [6, 6.07) is 3.74. The van der Waals surface area contributed by atoms with Crippen LogP contribution in [0.1, 0.15) is 44.1 Å². The zero-order chi connectivity index (χ0) is 15.2. The average molecular weight is 313 g/mol. The van der Waals surface area contributed by atoms with Crippen LogP contribution in [0.3, 0.4) is 0 Å². The summed E-state index contributed by atoms with van der Waals surface area (Å²) in [5.41, 5.74) is 0.982. The number of carboxylic acids is 1. The van der Waals surface area contributed by atoms with Crippen LogP contribution >= 0.6 is 11.6 Å². The van der Waals surface area contributed by atoms with Crippen LogP contribution in [0.15, 0.2) is 12.1 Å². The van der Waals surface area contributed by atoms with Crippen molar-refractivity contribution in [2.75, 3.05) is 7.11 Å². The van der Waals surface area contributed by atoms with Crippen LogP contribution in [0.5, 0.6) is 11.5 Å². The summed E-state index contributed by atoms with van der Waals surface area (Å²) >= 11 is 6.24. The Balaban J connectivity index is 2.11. The minimum Gasteiger partial charge on any atom is -0.491 e. The molecular formula is C16H21ClO4. The van der Waals surface area contributed by atoms with Crippen molar-refractivity contribution < 1.29 is 19.4 Å². The maximum Gasteiger partial charge on any atom is 0.303 e. The van der Waals surface area contributed by atoms with Crippen molar-refractivity contribution in [2.24, 2.45) is 0 Å². The van der Waals surface area contributed by atoms with Gasteiger partial charge < -0.3 is 14.6 Å². The first kappa shape index (κ1) is 16.0. The highest BCUT2D eigenvalue weighted by Gasteiger charge is 2.20. The Hall–Kier alpha value is -1.42. The molecular weight excluding hydrogens is 292 g/mol. The maximum atomic E-state index is 10.6. The van der Waals surface area contributed by atoms with Gasteiger partial charge in [0.1, 0.15) is 0 Å². The van der Waals surface area contributed by atoms with Gasteiger partial charge in [0, 0.05) is 6.42 Å². The summed E-state index contributed by atoms with van der Waals surface area (Å²) in [5.74, 6) is 0.449. The van der Waals surface area contributed by atoms with Crippen LogP contribution in [0.25, 0.3) is 0 Å². The first-order valence-corrected chi connectivity index (χ1v) is 7.73. The van der Waals surface area contributed by atoms with Crippen molar-refractivity contribution in [1.29, 1.82) is 0 Å². The molecule has 1 aliphatic carbocycles. The number of aliphatic carboxylic acids is 1. The molecule has 0 unspecified atom stereocenters. The second-order valence-electron chi connectivity index (χ2n) is 5.38. The molecule has 0 radical (unpaired) electrons. The third-order valence-corrected chi connectivity index (χ3v) is 4.01. The predicted molar refractivity (Wildman–Crippen MR) is 81.5 cm³/mol. The van der Waals surface area contributed by atoms with Gasteiger partial charge in [-0.2, -0.15) is 0 Å². The van der Waals surface area contributed by atoms with E-state index in [2.05, 4.69) is 0 Å². The molecule has 4 nitrogen and oxygen atoms in total. The number of rotatable bonds is 7. The molecule has 5 heteroatoms. The van der Waals surface area contributed by atoms with E-state index >= 15 is 0 Å². The minimum atomic E-state index is -0.781. The smallest absolute Gasteiger partial charge is 0.303 e. The summed E-state index contributed by atoms with van der Waals surface area (Å²) in [7, 11) is 1.58. The van der Waals surface area contributed by atoms with E-state index in [0.29, 0.717) is 29.4 Å². The quantitative estimate of drug-likeness (QED) is 0.824. The molecule has 0 saturated heterocycles. The number of ether oxygens (including phenoxy) is 2. The van der Waals surface area contributed by atoms with E-state index in [1.807, 2.05) is 12.1 Å². The van der Waals surface area contributed by atoms with Crippen LogP contribution in [-0.2, 0) is 11.2 Å². The monoisotopic (exact) mass is 312 g/mol. The number of carbonyl (C=O) groups is 1. The second-order valence-corrected chi connectivity index (χ2v) is 5.79. The molecule has 1 aromatic rings. The van der Waals surface area contributed by atoms with Crippen molar-refractivity contribution in [3.05, 3.63) is 22.7 Å². The Morgan fingerprint density at radius 3 is 2.71 bits per heavy atom. The summed E-state index contributed by atoms with van der Waals surface area (Å²) in [6.45, 7) is 0. The van der Waals surface area contributed by atoms with Gasteiger partial charge in [0.25, 0.3) is 0 Å². The van der Waals surface area contributed by atoms with Gasteiger partial charge >= 0.3 is 5.97 Å². The Labute approximate surface area is 130 Å². The maximum absolute atomic E-state index is 10.6. The van der Waals surface area contributed by atoms with Crippen LogP contribution in [0, 0.1) is 0 Å². The highest BCUT2D eigenvalue weighted by molar-refractivity contribution is 6.32. The minimum absolute atomic E-state index is 0.155. The molecule has 1 aromatic carbocycles. The lowest BCUT2D eigenvalue weighted by Crippen LogP contribution is -2.12. The van der Waals surface area contributed by atoms with E-state index in [1.165, 1.54) is 12.8 Å². The molecule has 0 spiro atoms. The van der Waals surface area contributed by atoms with E-state index in [0.717, 1.165) is 18.4 Å². The molecule has 21 heavy (non-hydrogen) atoms. The topological polar surface area (TPSA) is 55.8 Å². The van der Waals surface area contributed by atoms with Gasteiger partial charge in [-0.15, -0.1) is 0 Å². The molecule has 1 N–H and O–H groups in total. The largest absolute Gasteiger partial charge is 0.491 e. The first-order valence-electron chi connectivity index (χ1n) is 7.35. The number of methoxy groups -OCH3 is 1. The van der Waals surface area contributed by atoms with Crippen LogP contribution in [-0.4, -0.2) is 24.3 Å². The highest BCUT2D eigenvalue weighted by Crippen LogP contribution is 2.38. The Bertz CT molecular complexity index is 495. The highest BCUT2D eigenvalue weighted by atomic mass is 35.5. The molecule has 0 amide bonds. The molecule has 2 rings (SSSR count). The van der Waals surface area contributed by atoms with Gasteiger partial charge in [0.15, 0.2) is 11.5 Å². The molecule has 1 saturated carbocycles. The van der Waals surface area contributed by atoms with E-state index < -0.39 is 5.97 Å². The fourth-order valence-corrected chi connectivity index (χ4v) is 2.99. The molecule has 116 valence electrons. The zero-order valence-electron chi connectivity index (χ0n) is 12.2. The SMILES string of the molecule is COc1c(Cl)cc(CCCC(=O)O)cc1OC1CCCC1. The second kappa shape index (κ2) is 7.55. The number of halogens is 1. The van der Waals surface area contributed by atoms with Gasteiger partial charge in [-0.3, -0.25) is 4.79 Å². The molecule has 0 aliphatic heterocycles. The molecule has 0 aromatic heterocycles. The molecule has 0 bridgehead atoms. The van der Waals surface area contributed by atoms with Crippen LogP contribution in [0.2, 0.25) is 5.02 Å². The third kappa shape index (κ3) is 4.53. The number of hydrogen-bond donors (Lipinski definition) is 1. The van der Waals surface area contributed by atoms with E-state index in [1.54, 1.807) is 7.11 Å². The molecule has 0 atom stereocenters. The fourth-order valence-electron chi connectivity index (χ4n) is 2.68. The molecule has 0 heterocycles. The number of hydrogen-bond acceptors (Lipinski definition) is 3. The lowest BCUT2D eigenvalue weighted by molar-refractivity contribution is -0.137. The van der Waals surface area contributed by atoms with Crippen molar-refractivity contribution in [1.82, 2.24) is 0 Å². The number of carboxylic acid groups (broad SMARTS) is 1. The number of benzene rings is 1. The Morgan fingerprint density at radius 1 is 1.38 bits per heavy atom. The van der Waals surface area contributed by atoms with Crippen molar-refractivity contribution in [3.63, 3.8) is 0 Å². The van der Waals surface area contributed by atoms with E-state index in [-0.39, 0.29) is 12.5 Å². The van der Waals surface area contributed by atoms with Gasteiger partial charge in [-0.25, -0.2) is 0 Å². The normalized spacial score (nSPS) is 15.1. The summed E-state index contributed by atoms with van der Waals surface area (Å²) in [4.78, 5) is 10.6. The van der Waals surface area contributed by atoms with Gasteiger partial charge in [0.2, 0.25) is 0 Å². The summed E-state index contributed by atoms with van der Waals surface area (Å²) in [6.07, 6.45) is 6.14. The standard InChI is InChI=1S/C16H21ClO4/c1-20-16-13(17)9-11(5-4-8-15(18)19)10-14(16)21-12-6-2-3-7-12/h9-10,12H,2-8H2,1H3,(H,18,19). The van der Waals surface area contributed by atoms with E-state index in [9.17, 15) is 4.79 Å².